The lowest BCUT2D eigenvalue weighted by atomic mass is 9.80. The highest BCUT2D eigenvalue weighted by molar-refractivity contribution is 5.83. The maximum atomic E-state index is 12.4. The van der Waals surface area contributed by atoms with Crippen LogP contribution in [0.5, 0.6) is 0 Å². The van der Waals surface area contributed by atoms with E-state index in [2.05, 4.69) is 31.3 Å². The lowest BCUT2D eigenvalue weighted by Crippen LogP contribution is -2.33. The Bertz CT molecular complexity index is 355. The number of carbonyl (C=O) groups excluding carboxylic acids is 1. The van der Waals surface area contributed by atoms with E-state index in [-0.39, 0.29) is 11.8 Å². The van der Waals surface area contributed by atoms with Crippen molar-refractivity contribution in [2.24, 2.45) is 5.92 Å². The van der Waals surface area contributed by atoms with Gasteiger partial charge in [0.1, 0.15) is 0 Å². The van der Waals surface area contributed by atoms with Crippen molar-refractivity contribution in [2.45, 2.75) is 52.4 Å². The predicted octanol–water partition coefficient (Wildman–Crippen LogP) is 4.12. The van der Waals surface area contributed by atoms with E-state index < -0.39 is 0 Å². The summed E-state index contributed by atoms with van der Waals surface area (Å²) in [5.74, 6) is 0.630. The van der Waals surface area contributed by atoms with Crippen LogP contribution in [0, 0.1) is 5.92 Å². The molecule has 1 N–H and O–H groups in total. The fourth-order valence-corrected chi connectivity index (χ4v) is 2.80. The van der Waals surface area contributed by atoms with Crippen LogP contribution in [-0.2, 0) is 4.79 Å². The number of hydrogen-bond acceptors (Lipinski definition) is 1. The van der Waals surface area contributed by atoms with Crippen LogP contribution in [0.1, 0.15) is 57.9 Å². The van der Waals surface area contributed by atoms with E-state index in [1.807, 2.05) is 25.1 Å². The van der Waals surface area contributed by atoms with Gasteiger partial charge in [-0.3, -0.25) is 4.79 Å². The highest BCUT2D eigenvalue weighted by Gasteiger charge is 2.28. The molecule has 2 heteroatoms. The minimum atomic E-state index is 0.000972. The molecule has 0 aliphatic rings. The maximum Gasteiger partial charge on any atom is 0.227 e. The number of benzene rings is 1. The van der Waals surface area contributed by atoms with Crippen molar-refractivity contribution in [3.8, 4) is 0 Å². The summed E-state index contributed by atoms with van der Waals surface area (Å²) in [5, 5.41) is 3.00. The van der Waals surface area contributed by atoms with E-state index in [9.17, 15) is 4.79 Å². The smallest absolute Gasteiger partial charge is 0.227 e. The average Bonchev–Trinajstić information content (AvgIpc) is 2.41. The minimum Gasteiger partial charge on any atom is -0.356 e. The summed E-state index contributed by atoms with van der Waals surface area (Å²) in [5.41, 5.74) is 1.15. The monoisotopic (exact) mass is 261 g/mol. The molecule has 0 heterocycles. The van der Waals surface area contributed by atoms with E-state index in [4.69, 9.17) is 0 Å². The number of rotatable bonds is 8. The Kier molecular flexibility index (Phi) is 7.24. The Labute approximate surface area is 117 Å². The molecule has 1 amide bonds. The third-order valence-corrected chi connectivity index (χ3v) is 3.58. The predicted molar refractivity (Wildman–Crippen MR) is 81.2 cm³/mol. The average molecular weight is 261 g/mol. The van der Waals surface area contributed by atoms with Gasteiger partial charge in [-0.25, -0.2) is 0 Å². The summed E-state index contributed by atoms with van der Waals surface area (Å²) in [7, 11) is 0. The quantitative estimate of drug-likeness (QED) is 0.749. The van der Waals surface area contributed by atoms with Crippen molar-refractivity contribution >= 4 is 5.91 Å². The lowest BCUT2D eigenvalue weighted by Gasteiger charge is -2.26. The van der Waals surface area contributed by atoms with Gasteiger partial charge in [0.2, 0.25) is 5.91 Å². The van der Waals surface area contributed by atoms with Crippen LogP contribution in [0.2, 0.25) is 0 Å². The molecule has 0 fully saturated rings. The molecule has 0 saturated heterocycles. The molecular weight excluding hydrogens is 234 g/mol. The number of carbonyl (C=O) groups is 1. The van der Waals surface area contributed by atoms with Gasteiger partial charge in [0.15, 0.2) is 0 Å². The molecular formula is C17H27NO. The first-order valence-electron chi connectivity index (χ1n) is 7.57. The Hall–Kier alpha value is -1.31. The molecule has 0 aliphatic heterocycles. The Morgan fingerprint density at radius 2 is 1.63 bits per heavy atom. The molecule has 1 rings (SSSR count). The van der Waals surface area contributed by atoms with Crippen molar-refractivity contribution in [3.05, 3.63) is 35.9 Å². The van der Waals surface area contributed by atoms with Gasteiger partial charge in [0.05, 0.1) is 5.92 Å². The third-order valence-electron chi connectivity index (χ3n) is 3.58. The molecule has 0 spiro atoms. The van der Waals surface area contributed by atoms with E-state index >= 15 is 0 Å². The molecule has 2 nitrogen and oxygen atoms in total. The van der Waals surface area contributed by atoms with Crippen LogP contribution in [0.25, 0.3) is 0 Å². The molecule has 1 atom stereocenters. The topological polar surface area (TPSA) is 29.1 Å². The van der Waals surface area contributed by atoms with Crippen LogP contribution < -0.4 is 5.32 Å². The summed E-state index contributed by atoms with van der Waals surface area (Å²) >= 11 is 0. The zero-order chi connectivity index (χ0) is 14.1. The summed E-state index contributed by atoms with van der Waals surface area (Å²) in [6.07, 6.45) is 4.50. The van der Waals surface area contributed by atoms with Crippen LogP contribution in [0.4, 0.5) is 0 Å². The Morgan fingerprint density at radius 3 is 2.11 bits per heavy atom. The van der Waals surface area contributed by atoms with Gasteiger partial charge < -0.3 is 5.32 Å². The van der Waals surface area contributed by atoms with Crippen molar-refractivity contribution in [1.82, 2.24) is 5.32 Å². The molecule has 0 saturated carbocycles. The SMILES string of the molecule is CCCC(CCC)C(C(=O)NCC)c1ccccc1. The van der Waals surface area contributed by atoms with Gasteiger partial charge >= 0.3 is 0 Å². The molecule has 0 radical (unpaired) electrons. The van der Waals surface area contributed by atoms with Gasteiger partial charge in [0.25, 0.3) is 0 Å². The van der Waals surface area contributed by atoms with Crippen molar-refractivity contribution in [3.63, 3.8) is 0 Å². The third kappa shape index (κ3) is 4.70. The van der Waals surface area contributed by atoms with Gasteiger partial charge in [-0.05, 0) is 31.2 Å². The lowest BCUT2D eigenvalue weighted by molar-refractivity contribution is -0.123. The molecule has 0 bridgehead atoms. The zero-order valence-corrected chi connectivity index (χ0v) is 12.5. The molecule has 1 aromatic rings. The van der Waals surface area contributed by atoms with E-state index in [1.165, 1.54) is 0 Å². The van der Waals surface area contributed by atoms with Crippen molar-refractivity contribution in [2.75, 3.05) is 6.54 Å². The van der Waals surface area contributed by atoms with Crippen molar-refractivity contribution < 1.29 is 4.79 Å². The molecule has 1 aromatic carbocycles. The van der Waals surface area contributed by atoms with E-state index in [1.54, 1.807) is 0 Å². The molecule has 106 valence electrons. The summed E-state index contributed by atoms with van der Waals surface area (Å²) in [4.78, 5) is 12.4. The first-order valence-corrected chi connectivity index (χ1v) is 7.57. The normalized spacial score (nSPS) is 12.4. The van der Waals surface area contributed by atoms with Crippen LogP contribution in [0.15, 0.2) is 30.3 Å². The Balaban J connectivity index is 2.99. The fraction of sp³-hybridized carbons (Fsp3) is 0.588. The summed E-state index contributed by atoms with van der Waals surface area (Å²) in [6, 6.07) is 10.2. The number of hydrogen-bond donors (Lipinski definition) is 1. The van der Waals surface area contributed by atoms with Gasteiger partial charge in [0, 0.05) is 6.54 Å². The number of likely N-dealkylation sites (N-methyl/N-ethyl adjacent to an activating group) is 1. The van der Waals surface area contributed by atoms with E-state index in [0.717, 1.165) is 31.2 Å². The largest absolute Gasteiger partial charge is 0.356 e. The first-order chi connectivity index (χ1) is 9.24. The van der Waals surface area contributed by atoms with Crippen molar-refractivity contribution in [1.29, 1.82) is 0 Å². The van der Waals surface area contributed by atoms with Gasteiger partial charge in [-0.1, -0.05) is 57.0 Å². The molecule has 1 unspecified atom stereocenters. The minimum absolute atomic E-state index is 0.000972. The second-order valence-electron chi connectivity index (χ2n) is 5.12. The molecule has 19 heavy (non-hydrogen) atoms. The zero-order valence-electron chi connectivity index (χ0n) is 12.5. The highest BCUT2D eigenvalue weighted by atomic mass is 16.1. The standard InChI is InChI=1S/C17H27NO/c1-4-10-14(11-5-2)16(17(19)18-6-3)15-12-8-7-9-13-15/h7-9,12-14,16H,4-6,10-11H2,1-3H3,(H,18,19). The van der Waals surface area contributed by atoms with Crippen LogP contribution in [-0.4, -0.2) is 12.5 Å². The Morgan fingerprint density at radius 1 is 1.05 bits per heavy atom. The molecule has 0 aliphatic carbocycles. The number of nitrogens with one attached hydrogen (secondary N) is 1. The summed E-state index contributed by atoms with van der Waals surface area (Å²) in [6.45, 7) is 7.08. The second kappa shape index (κ2) is 8.73. The summed E-state index contributed by atoms with van der Waals surface area (Å²) < 4.78 is 0. The highest BCUT2D eigenvalue weighted by Crippen LogP contribution is 2.32. The van der Waals surface area contributed by atoms with E-state index in [0.29, 0.717) is 12.5 Å². The fourth-order valence-electron chi connectivity index (χ4n) is 2.80. The van der Waals surface area contributed by atoms with Gasteiger partial charge in [-0.15, -0.1) is 0 Å². The van der Waals surface area contributed by atoms with Gasteiger partial charge in [-0.2, -0.15) is 0 Å². The second-order valence-corrected chi connectivity index (χ2v) is 5.12. The number of amides is 1. The first kappa shape index (κ1) is 15.7. The van der Waals surface area contributed by atoms with Crippen LogP contribution >= 0.6 is 0 Å². The maximum absolute atomic E-state index is 12.4. The van der Waals surface area contributed by atoms with Crippen LogP contribution in [0.3, 0.4) is 0 Å². The molecule has 0 aromatic heterocycles.